The first-order valence-corrected chi connectivity index (χ1v) is 24.0. The highest BCUT2D eigenvalue weighted by Gasteiger charge is 2.22. The number of nitrogens with zero attached hydrogens (tertiary/aromatic N) is 1. The molecule has 0 aromatic carbocycles. The van der Waals surface area contributed by atoms with E-state index in [9.17, 15) is 29.3 Å². The van der Waals surface area contributed by atoms with Crippen LogP contribution in [0, 0.1) is 0 Å². The number of aliphatic hydroxyl groups is 2. The average molecular weight is 842 g/mol. The molecule has 58 heavy (non-hydrogen) atoms. The van der Waals surface area contributed by atoms with Crippen LogP contribution in [0.3, 0.4) is 0 Å². The summed E-state index contributed by atoms with van der Waals surface area (Å²) in [5, 5.41) is 20.3. The molecular formula is C46H84NO10P. The van der Waals surface area contributed by atoms with E-state index in [0.29, 0.717) is 36.7 Å². The fourth-order valence-corrected chi connectivity index (χ4v) is 6.64. The molecule has 0 amide bonds. The third-order valence-corrected chi connectivity index (χ3v) is 10.5. The second kappa shape index (κ2) is 37.9. The van der Waals surface area contributed by atoms with Gasteiger partial charge in [0.25, 0.3) is 7.82 Å². The molecule has 0 saturated heterocycles. The number of aliphatic hydroxyl groups excluding tert-OH is 2. The second-order valence-electron chi connectivity index (χ2n) is 16.5. The SMILES string of the molecule is CCCCC/C=C\C[C@@H](O)/C=C/C=C/C=C\[C@@H](O)CCCC(=O)OC[C@H](COP(=O)([O-])OCC[N+](C)(C)C)OC(=O)CCCCCCCCCCCCCCCCC. The van der Waals surface area contributed by atoms with Crippen LogP contribution in [0.1, 0.15) is 168 Å². The maximum absolute atomic E-state index is 12.7. The highest BCUT2D eigenvalue weighted by molar-refractivity contribution is 7.45. The lowest BCUT2D eigenvalue weighted by molar-refractivity contribution is -0.870. The van der Waals surface area contributed by atoms with Crippen LogP contribution in [0.5, 0.6) is 0 Å². The number of ether oxygens (including phenoxy) is 2. The van der Waals surface area contributed by atoms with Gasteiger partial charge in [0, 0.05) is 12.8 Å². The third kappa shape index (κ3) is 40.7. The number of allylic oxidation sites excluding steroid dienone is 5. The van der Waals surface area contributed by atoms with Crippen molar-refractivity contribution in [2.45, 2.75) is 186 Å². The Labute approximate surface area is 353 Å². The van der Waals surface area contributed by atoms with Crippen LogP contribution >= 0.6 is 7.82 Å². The van der Waals surface area contributed by atoms with Gasteiger partial charge >= 0.3 is 11.9 Å². The molecule has 0 bridgehead atoms. The lowest BCUT2D eigenvalue weighted by Crippen LogP contribution is -2.37. The largest absolute Gasteiger partial charge is 0.756 e. The summed E-state index contributed by atoms with van der Waals surface area (Å²) in [6.45, 7) is 3.88. The number of esters is 2. The predicted octanol–water partition coefficient (Wildman–Crippen LogP) is 10.00. The second-order valence-corrected chi connectivity index (χ2v) is 17.9. The van der Waals surface area contributed by atoms with Crippen molar-refractivity contribution in [2.75, 3.05) is 47.5 Å². The Bertz CT molecular complexity index is 1170. The Balaban J connectivity index is 4.59. The van der Waals surface area contributed by atoms with Gasteiger partial charge in [-0.05, 0) is 38.5 Å². The summed E-state index contributed by atoms with van der Waals surface area (Å²) in [5.74, 6) is -1.07. The molecule has 0 spiro atoms. The van der Waals surface area contributed by atoms with Crippen molar-refractivity contribution in [2.24, 2.45) is 0 Å². The Morgan fingerprint density at radius 1 is 0.638 bits per heavy atom. The summed E-state index contributed by atoms with van der Waals surface area (Å²) >= 11 is 0. The smallest absolute Gasteiger partial charge is 0.306 e. The van der Waals surface area contributed by atoms with E-state index in [1.165, 1.54) is 89.9 Å². The molecule has 0 heterocycles. The van der Waals surface area contributed by atoms with E-state index in [4.69, 9.17) is 18.5 Å². The molecule has 11 nitrogen and oxygen atoms in total. The number of hydrogen-bond donors (Lipinski definition) is 2. The summed E-state index contributed by atoms with van der Waals surface area (Å²) in [6.07, 6.45) is 36.2. The average Bonchev–Trinajstić information content (AvgIpc) is 3.16. The Morgan fingerprint density at radius 3 is 1.72 bits per heavy atom. The fourth-order valence-electron chi connectivity index (χ4n) is 5.91. The zero-order valence-corrected chi connectivity index (χ0v) is 38.1. The van der Waals surface area contributed by atoms with Gasteiger partial charge in [-0.3, -0.25) is 14.2 Å². The van der Waals surface area contributed by atoms with E-state index in [0.717, 1.165) is 25.7 Å². The van der Waals surface area contributed by atoms with E-state index in [2.05, 4.69) is 19.9 Å². The number of unbranched alkanes of at least 4 members (excludes halogenated alkanes) is 17. The topological polar surface area (TPSA) is 152 Å². The van der Waals surface area contributed by atoms with Gasteiger partial charge in [-0.25, -0.2) is 0 Å². The van der Waals surface area contributed by atoms with Crippen molar-refractivity contribution in [3.05, 3.63) is 48.6 Å². The minimum Gasteiger partial charge on any atom is -0.756 e. The van der Waals surface area contributed by atoms with Gasteiger partial charge in [0.15, 0.2) is 6.10 Å². The normalized spacial score (nSPS) is 15.1. The van der Waals surface area contributed by atoms with Gasteiger partial charge in [-0.15, -0.1) is 0 Å². The number of phosphoric acid groups is 1. The number of quaternary nitrogens is 1. The van der Waals surface area contributed by atoms with Crippen molar-refractivity contribution in [1.82, 2.24) is 0 Å². The molecule has 4 atom stereocenters. The molecule has 338 valence electrons. The zero-order chi connectivity index (χ0) is 43.2. The highest BCUT2D eigenvalue weighted by atomic mass is 31.2. The zero-order valence-electron chi connectivity index (χ0n) is 37.2. The van der Waals surface area contributed by atoms with Crippen LogP contribution in [-0.2, 0) is 32.7 Å². The summed E-state index contributed by atoms with van der Waals surface area (Å²) in [7, 11) is 1.03. The number of hydrogen-bond acceptors (Lipinski definition) is 10. The Hall–Kier alpha value is -2.11. The number of carbonyl (C=O) groups is 2. The molecule has 0 fully saturated rings. The molecule has 0 saturated carbocycles. The summed E-state index contributed by atoms with van der Waals surface area (Å²) in [6, 6.07) is 0. The van der Waals surface area contributed by atoms with Crippen LogP contribution in [0.4, 0.5) is 0 Å². The quantitative estimate of drug-likeness (QED) is 0.0152. The van der Waals surface area contributed by atoms with E-state index >= 15 is 0 Å². The van der Waals surface area contributed by atoms with Gasteiger partial charge in [0.05, 0.1) is 40.0 Å². The van der Waals surface area contributed by atoms with Crippen LogP contribution in [-0.4, -0.2) is 92.5 Å². The molecule has 0 radical (unpaired) electrons. The van der Waals surface area contributed by atoms with Crippen molar-refractivity contribution < 1.29 is 52.3 Å². The molecule has 0 aliphatic heterocycles. The summed E-state index contributed by atoms with van der Waals surface area (Å²) in [5.41, 5.74) is 0. The molecule has 0 aromatic rings. The van der Waals surface area contributed by atoms with Crippen LogP contribution in [0.25, 0.3) is 0 Å². The van der Waals surface area contributed by atoms with E-state index in [1.807, 2.05) is 27.2 Å². The van der Waals surface area contributed by atoms with Crippen molar-refractivity contribution in [3.63, 3.8) is 0 Å². The number of phosphoric ester groups is 1. The summed E-state index contributed by atoms with van der Waals surface area (Å²) < 4.78 is 33.7. The number of rotatable bonds is 40. The first kappa shape index (κ1) is 55.9. The Morgan fingerprint density at radius 2 is 1.16 bits per heavy atom. The lowest BCUT2D eigenvalue weighted by atomic mass is 10.0. The molecule has 12 heteroatoms. The van der Waals surface area contributed by atoms with Crippen molar-refractivity contribution >= 4 is 19.8 Å². The maximum Gasteiger partial charge on any atom is 0.306 e. The molecule has 1 unspecified atom stereocenters. The molecular weight excluding hydrogens is 757 g/mol. The van der Waals surface area contributed by atoms with E-state index < -0.39 is 44.7 Å². The molecule has 2 N–H and O–H groups in total. The first-order valence-electron chi connectivity index (χ1n) is 22.6. The maximum atomic E-state index is 12.7. The van der Waals surface area contributed by atoms with Crippen molar-refractivity contribution in [3.8, 4) is 0 Å². The number of carbonyl (C=O) groups excluding carboxylic acids is 2. The minimum absolute atomic E-state index is 0.0171. The van der Waals surface area contributed by atoms with Gasteiger partial charge in [0.2, 0.25) is 0 Å². The van der Waals surface area contributed by atoms with Crippen LogP contribution in [0.15, 0.2) is 48.6 Å². The third-order valence-electron chi connectivity index (χ3n) is 9.54. The van der Waals surface area contributed by atoms with Crippen LogP contribution in [0.2, 0.25) is 0 Å². The lowest BCUT2D eigenvalue weighted by Gasteiger charge is -2.28. The van der Waals surface area contributed by atoms with Crippen LogP contribution < -0.4 is 4.89 Å². The highest BCUT2D eigenvalue weighted by Crippen LogP contribution is 2.38. The molecule has 0 aliphatic rings. The van der Waals surface area contributed by atoms with Crippen molar-refractivity contribution in [1.29, 1.82) is 0 Å². The fraction of sp³-hybridized carbons (Fsp3) is 0.783. The summed E-state index contributed by atoms with van der Waals surface area (Å²) in [4.78, 5) is 37.6. The first-order chi connectivity index (χ1) is 27.8. The molecule has 0 rings (SSSR count). The van der Waals surface area contributed by atoms with Gasteiger partial charge in [-0.2, -0.15) is 0 Å². The molecule has 0 aromatic heterocycles. The Kier molecular flexibility index (Phi) is 36.5. The minimum atomic E-state index is -4.68. The van der Waals surface area contributed by atoms with Gasteiger partial charge < -0.3 is 38.1 Å². The number of likely N-dealkylation sites (N-methyl/N-ethyl adjacent to an activating group) is 1. The van der Waals surface area contributed by atoms with E-state index in [-0.39, 0.29) is 26.1 Å². The van der Waals surface area contributed by atoms with Gasteiger partial charge in [0.1, 0.15) is 19.8 Å². The molecule has 0 aliphatic carbocycles. The standard InChI is InChI=1S/C46H84NO10P/c1-6-8-10-12-14-15-16-17-18-19-20-21-22-24-30-36-46(51)57-44(41-56-58(52,53)55-39-38-47(3,4)5)40-54-45(50)37-31-35-43(49)34-29-26-25-28-33-42(48)32-27-23-13-11-9-7-2/h23,25-29,33-34,42-44,48-49H,6-22,24,30-32,35-41H2,1-5H3/b26-25+,27-23-,33-28+,34-29-/t42-,43-,44-/m1/s1. The monoisotopic (exact) mass is 842 g/mol. The van der Waals surface area contributed by atoms with E-state index in [1.54, 1.807) is 36.5 Å². The predicted molar refractivity (Wildman–Crippen MR) is 234 cm³/mol. The van der Waals surface area contributed by atoms with Gasteiger partial charge in [-0.1, -0.05) is 165 Å².